The van der Waals surface area contributed by atoms with Crippen LogP contribution in [0.25, 0.3) is 0 Å². The van der Waals surface area contributed by atoms with E-state index in [2.05, 4.69) is 32.6 Å². The summed E-state index contributed by atoms with van der Waals surface area (Å²) in [6.07, 6.45) is -0.431. The minimum atomic E-state index is -4.45. The molecule has 2 fully saturated rings. The highest BCUT2D eigenvalue weighted by molar-refractivity contribution is 14.0. The molecule has 1 unspecified atom stereocenters. The number of alkyl halides is 3. The van der Waals surface area contributed by atoms with Gasteiger partial charge in [0.2, 0.25) is 0 Å². The van der Waals surface area contributed by atoms with Crippen LogP contribution < -0.4 is 15.5 Å². The molecule has 0 bridgehead atoms. The van der Waals surface area contributed by atoms with Gasteiger partial charge in [-0.2, -0.15) is 13.2 Å². The van der Waals surface area contributed by atoms with E-state index in [0.29, 0.717) is 24.8 Å². The highest BCUT2D eigenvalue weighted by Gasteiger charge is 2.33. The predicted molar refractivity (Wildman–Crippen MR) is 125 cm³/mol. The third-order valence-corrected chi connectivity index (χ3v) is 5.88. The van der Waals surface area contributed by atoms with Gasteiger partial charge in [-0.15, -0.1) is 24.0 Å². The van der Waals surface area contributed by atoms with Crippen molar-refractivity contribution in [3.8, 4) is 0 Å². The van der Waals surface area contributed by atoms with Crippen molar-refractivity contribution in [2.45, 2.75) is 31.5 Å². The number of likely N-dealkylation sites (tertiary alicyclic amines) is 1. The lowest BCUT2D eigenvalue weighted by Crippen LogP contribution is -2.46. The van der Waals surface area contributed by atoms with E-state index in [1.807, 2.05) is 4.90 Å². The fourth-order valence-corrected chi connectivity index (χ4v) is 4.07. The minimum Gasteiger partial charge on any atom is -0.356 e. The van der Waals surface area contributed by atoms with E-state index in [4.69, 9.17) is 11.6 Å². The Balaban J connectivity index is 0.00000320. The Hall–Kier alpha value is -1.01. The van der Waals surface area contributed by atoms with Gasteiger partial charge in [0.15, 0.2) is 5.96 Å². The Kier molecular flexibility index (Phi) is 9.29. The van der Waals surface area contributed by atoms with E-state index in [1.165, 1.54) is 12.8 Å². The van der Waals surface area contributed by atoms with Crippen molar-refractivity contribution in [1.82, 2.24) is 20.5 Å². The first-order valence-corrected chi connectivity index (χ1v) is 10.3. The van der Waals surface area contributed by atoms with Gasteiger partial charge < -0.3 is 20.4 Å². The molecule has 2 N–H and O–H groups in total. The number of anilines is 1. The molecule has 6 nitrogen and oxygen atoms in total. The number of aromatic nitrogens is 1. The van der Waals surface area contributed by atoms with Crippen LogP contribution in [0, 0.1) is 5.92 Å². The molecule has 3 heterocycles. The van der Waals surface area contributed by atoms with Crippen LogP contribution in [0.4, 0.5) is 19.0 Å². The maximum atomic E-state index is 12.8. The van der Waals surface area contributed by atoms with Crippen molar-refractivity contribution in [2.75, 3.05) is 51.7 Å². The zero-order chi connectivity index (χ0) is 21.0. The Morgan fingerprint density at radius 2 is 1.97 bits per heavy atom. The number of piperidine rings is 1. The molecule has 0 amide bonds. The van der Waals surface area contributed by atoms with Gasteiger partial charge >= 0.3 is 6.18 Å². The average molecular weight is 561 g/mol. The van der Waals surface area contributed by atoms with Crippen LogP contribution >= 0.6 is 35.6 Å². The highest BCUT2D eigenvalue weighted by atomic mass is 127. The lowest BCUT2D eigenvalue weighted by molar-refractivity contribution is -0.137. The SMILES string of the molecule is CN=C(NCC1CCN(C)CC1)NC1CCN(c2ncc(C(F)(F)F)cc2Cl)C1.I. The summed E-state index contributed by atoms with van der Waals surface area (Å²) in [4.78, 5) is 12.5. The largest absolute Gasteiger partial charge is 0.417 e. The molecule has 1 aromatic heterocycles. The first kappa shape index (κ1) is 25.3. The topological polar surface area (TPSA) is 55.8 Å². The van der Waals surface area contributed by atoms with E-state index in [1.54, 1.807) is 7.05 Å². The summed E-state index contributed by atoms with van der Waals surface area (Å²) < 4.78 is 38.4. The third-order valence-electron chi connectivity index (χ3n) is 5.60. The van der Waals surface area contributed by atoms with Crippen molar-refractivity contribution in [1.29, 1.82) is 0 Å². The van der Waals surface area contributed by atoms with Crippen molar-refractivity contribution in [2.24, 2.45) is 10.9 Å². The summed E-state index contributed by atoms with van der Waals surface area (Å²) in [5, 5.41) is 6.83. The zero-order valence-electron chi connectivity index (χ0n) is 17.2. The fraction of sp³-hybridized carbons (Fsp3) is 0.684. The first-order chi connectivity index (χ1) is 13.8. The molecule has 170 valence electrons. The third kappa shape index (κ3) is 6.74. The van der Waals surface area contributed by atoms with Crippen LogP contribution in [0.5, 0.6) is 0 Å². The van der Waals surface area contributed by atoms with Gasteiger partial charge in [0.25, 0.3) is 0 Å². The summed E-state index contributed by atoms with van der Waals surface area (Å²) in [7, 11) is 3.89. The second-order valence-corrected chi connectivity index (χ2v) is 8.21. The number of aliphatic imine (C=N–C) groups is 1. The summed E-state index contributed by atoms with van der Waals surface area (Å²) >= 11 is 6.08. The Labute approximate surface area is 197 Å². The number of nitrogens with zero attached hydrogens (tertiary/aromatic N) is 4. The molecular formula is C19H29ClF3IN6. The van der Waals surface area contributed by atoms with Gasteiger partial charge in [-0.05, 0) is 51.4 Å². The number of guanidine groups is 1. The number of hydrogen-bond donors (Lipinski definition) is 2. The lowest BCUT2D eigenvalue weighted by Gasteiger charge is -2.29. The average Bonchev–Trinajstić information content (AvgIpc) is 3.13. The molecule has 30 heavy (non-hydrogen) atoms. The number of rotatable bonds is 4. The number of pyridine rings is 1. The molecular weight excluding hydrogens is 532 g/mol. The summed E-state index contributed by atoms with van der Waals surface area (Å²) in [5.74, 6) is 1.78. The van der Waals surface area contributed by atoms with Crippen molar-refractivity contribution < 1.29 is 13.2 Å². The molecule has 0 aromatic carbocycles. The Bertz CT molecular complexity index is 725. The summed E-state index contributed by atoms with van der Waals surface area (Å²) in [6.45, 7) is 4.40. The molecule has 0 spiro atoms. The van der Waals surface area contributed by atoms with Gasteiger partial charge in [0, 0.05) is 38.9 Å². The van der Waals surface area contributed by atoms with Crippen LogP contribution in [0.15, 0.2) is 17.3 Å². The van der Waals surface area contributed by atoms with E-state index in [-0.39, 0.29) is 35.0 Å². The number of nitrogens with one attached hydrogen (secondary N) is 2. The van der Waals surface area contributed by atoms with Crippen LogP contribution in [0.3, 0.4) is 0 Å². The molecule has 0 aliphatic carbocycles. The molecule has 11 heteroatoms. The Morgan fingerprint density at radius 3 is 2.57 bits per heavy atom. The number of halogens is 5. The molecule has 1 aromatic rings. The van der Waals surface area contributed by atoms with Gasteiger partial charge in [-0.25, -0.2) is 4.98 Å². The lowest BCUT2D eigenvalue weighted by atomic mass is 9.97. The highest BCUT2D eigenvalue weighted by Crippen LogP contribution is 2.34. The van der Waals surface area contributed by atoms with Crippen LogP contribution in [0.2, 0.25) is 5.02 Å². The molecule has 2 aliphatic heterocycles. The predicted octanol–water partition coefficient (Wildman–Crippen LogP) is 3.46. The van der Waals surface area contributed by atoms with Crippen LogP contribution in [-0.2, 0) is 6.18 Å². The van der Waals surface area contributed by atoms with Gasteiger partial charge in [-0.1, -0.05) is 11.6 Å². The van der Waals surface area contributed by atoms with Gasteiger partial charge in [-0.3, -0.25) is 4.99 Å². The molecule has 0 saturated carbocycles. The van der Waals surface area contributed by atoms with Crippen molar-refractivity contribution in [3.05, 3.63) is 22.8 Å². The van der Waals surface area contributed by atoms with Gasteiger partial charge in [0.05, 0.1) is 10.6 Å². The Morgan fingerprint density at radius 1 is 1.27 bits per heavy atom. The maximum Gasteiger partial charge on any atom is 0.417 e. The normalized spacial score (nSPS) is 21.5. The molecule has 2 saturated heterocycles. The van der Waals surface area contributed by atoms with E-state index >= 15 is 0 Å². The van der Waals surface area contributed by atoms with E-state index in [0.717, 1.165) is 44.3 Å². The quantitative estimate of drug-likeness (QED) is 0.336. The molecule has 3 rings (SSSR count). The molecule has 0 radical (unpaired) electrons. The monoisotopic (exact) mass is 560 g/mol. The maximum absolute atomic E-state index is 12.8. The summed E-state index contributed by atoms with van der Waals surface area (Å²) in [6, 6.07) is 1.06. The smallest absolute Gasteiger partial charge is 0.356 e. The second kappa shape index (κ2) is 11.0. The van der Waals surface area contributed by atoms with Crippen LogP contribution in [-0.4, -0.2) is 68.7 Å². The van der Waals surface area contributed by atoms with Crippen LogP contribution in [0.1, 0.15) is 24.8 Å². The van der Waals surface area contributed by atoms with E-state index < -0.39 is 11.7 Å². The molecule has 1 atom stereocenters. The van der Waals surface area contributed by atoms with E-state index in [9.17, 15) is 13.2 Å². The number of hydrogen-bond acceptors (Lipinski definition) is 4. The van der Waals surface area contributed by atoms with Gasteiger partial charge in [0.1, 0.15) is 5.82 Å². The first-order valence-electron chi connectivity index (χ1n) is 9.89. The standard InChI is InChI=1S/C19H28ClF3N6.HI/c1-24-18(26-10-13-3-6-28(2)7-4-13)27-15-5-8-29(12-15)17-16(20)9-14(11-25-17)19(21,22)23;/h9,11,13,15H,3-8,10,12H2,1-2H3,(H2,24,26,27);1H. The second-order valence-electron chi connectivity index (χ2n) is 7.80. The fourth-order valence-electron chi connectivity index (χ4n) is 3.78. The summed E-state index contributed by atoms with van der Waals surface area (Å²) in [5.41, 5.74) is -0.835. The minimum absolute atomic E-state index is 0. The zero-order valence-corrected chi connectivity index (χ0v) is 20.3. The molecule has 2 aliphatic rings. The van der Waals surface area contributed by atoms with Crippen molar-refractivity contribution >= 4 is 47.4 Å². The van der Waals surface area contributed by atoms with Crippen molar-refractivity contribution in [3.63, 3.8) is 0 Å².